The second-order valence-electron chi connectivity index (χ2n) is 0.975. The van der Waals surface area contributed by atoms with Crippen molar-refractivity contribution in [1.29, 1.82) is 0 Å². The molecule has 0 aromatic carbocycles. The molecule has 0 fully saturated rings. The number of halogens is 1. The molecule has 0 saturated carbocycles. The average molecular weight is 169 g/mol. The molecule has 0 unspecified atom stereocenters. The van der Waals surface area contributed by atoms with E-state index in [-0.39, 0.29) is 41.2 Å². The van der Waals surface area contributed by atoms with Crippen LogP contribution in [0.4, 0.5) is 0 Å². The van der Waals surface area contributed by atoms with Crippen molar-refractivity contribution in [2.45, 2.75) is 0 Å². The van der Waals surface area contributed by atoms with Crippen LogP contribution in [0.25, 0.3) is 0 Å². The molecule has 6 heteroatoms. The predicted octanol–water partition coefficient (Wildman–Crippen LogP) is -0.535. The fraction of sp³-hybridized carbons (Fsp3) is 1.00. The van der Waals surface area contributed by atoms with Gasteiger partial charge in [0, 0.05) is 5.88 Å². The SMILES string of the molecule is O=S(=O)(O)CCCl.[NaH]. The molecule has 0 amide bonds. The van der Waals surface area contributed by atoms with Gasteiger partial charge in [-0.2, -0.15) is 8.42 Å². The van der Waals surface area contributed by atoms with Crippen LogP contribution in [-0.4, -0.2) is 54.2 Å². The summed E-state index contributed by atoms with van der Waals surface area (Å²) in [6.07, 6.45) is 0. The molecule has 0 aliphatic rings. The summed E-state index contributed by atoms with van der Waals surface area (Å²) in [5.74, 6) is -0.423. The first kappa shape index (κ1) is 11.9. The zero-order valence-electron chi connectivity index (χ0n) is 3.46. The van der Waals surface area contributed by atoms with E-state index in [1.807, 2.05) is 0 Å². The Balaban J connectivity index is 0. The fourth-order valence-electron chi connectivity index (χ4n) is 0.0975. The van der Waals surface area contributed by atoms with Crippen molar-refractivity contribution in [2.24, 2.45) is 0 Å². The van der Waals surface area contributed by atoms with E-state index in [9.17, 15) is 8.42 Å². The molecule has 0 radical (unpaired) electrons. The molecule has 46 valence electrons. The van der Waals surface area contributed by atoms with E-state index in [1.54, 1.807) is 0 Å². The molecule has 0 atom stereocenters. The summed E-state index contributed by atoms with van der Waals surface area (Å²) in [6.45, 7) is 0. The summed E-state index contributed by atoms with van der Waals surface area (Å²) in [5, 5.41) is 0. The van der Waals surface area contributed by atoms with Crippen LogP contribution < -0.4 is 0 Å². The molecule has 0 aromatic heterocycles. The van der Waals surface area contributed by atoms with Crippen molar-refractivity contribution in [3.05, 3.63) is 0 Å². The van der Waals surface area contributed by atoms with Gasteiger partial charge in [-0.05, 0) is 0 Å². The molecule has 0 aromatic rings. The van der Waals surface area contributed by atoms with Gasteiger partial charge in [-0.15, -0.1) is 11.6 Å². The third-order valence-corrected chi connectivity index (χ3v) is 1.47. The van der Waals surface area contributed by atoms with Crippen molar-refractivity contribution >= 4 is 51.3 Å². The average Bonchev–Trinajstić information content (AvgIpc) is 1.30. The van der Waals surface area contributed by atoms with Gasteiger partial charge in [0.25, 0.3) is 10.1 Å². The van der Waals surface area contributed by atoms with E-state index in [4.69, 9.17) is 16.2 Å². The van der Waals surface area contributed by atoms with E-state index in [1.165, 1.54) is 0 Å². The molecule has 0 spiro atoms. The summed E-state index contributed by atoms with van der Waals surface area (Å²) in [6, 6.07) is 0. The van der Waals surface area contributed by atoms with Gasteiger partial charge in [-0.25, -0.2) is 0 Å². The predicted molar refractivity (Wildman–Crippen MR) is 34.3 cm³/mol. The molecule has 8 heavy (non-hydrogen) atoms. The first-order valence-electron chi connectivity index (χ1n) is 1.57. The van der Waals surface area contributed by atoms with Crippen LogP contribution in [0.3, 0.4) is 0 Å². The van der Waals surface area contributed by atoms with Crippen molar-refractivity contribution in [3.63, 3.8) is 0 Å². The van der Waals surface area contributed by atoms with Crippen molar-refractivity contribution < 1.29 is 13.0 Å². The molecular weight excluding hydrogens is 163 g/mol. The Morgan fingerprint density at radius 3 is 1.88 bits per heavy atom. The Hall–Kier alpha value is 1.20. The quantitative estimate of drug-likeness (QED) is 0.343. The Morgan fingerprint density at radius 1 is 1.50 bits per heavy atom. The molecule has 0 aliphatic carbocycles. The van der Waals surface area contributed by atoms with Crippen LogP contribution in [0, 0.1) is 0 Å². The minimum absolute atomic E-state index is 0. The topological polar surface area (TPSA) is 54.4 Å². The zero-order chi connectivity index (χ0) is 5.91. The maximum absolute atomic E-state index is 9.70. The van der Waals surface area contributed by atoms with Crippen LogP contribution >= 0.6 is 11.6 Å². The molecule has 0 rings (SSSR count). The van der Waals surface area contributed by atoms with E-state index < -0.39 is 10.1 Å². The van der Waals surface area contributed by atoms with Crippen LogP contribution in [0.1, 0.15) is 0 Å². The number of alkyl halides is 1. The van der Waals surface area contributed by atoms with Crippen molar-refractivity contribution in [3.8, 4) is 0 Å². The zero-order valence-corrected chi connectivity index (χ0v) is 5.04. The van der Waals surface area contributed by atoms with Crippen molar-refractivity contribution in [1.82, 2.24) is 0 Å². The van der Waals surface area contributed by atoms with E-state index in [2.05, 4.69) is 0 Å². The van der Waals surface area contributed by atoms with E-state index in [0.29, 0.717) is 0 Å². The molecule has 3 nitrogen and oxygen atoms in total. The number of rotatable bonds is 2. The van der Waals surface area contributed by atoms with Gasteiger partial charge in [-0.3, -0.25) is 4.55 Å². The molecule has 0 bridgehead atoms. The summed E-state index contributed by atoms with van der Waals surface area (Å²) in [5.41, 5.74) is 0. The Morgan fingerprint density at radius 2 is 1.88 bits per heavy atom. The summed E-state index contributed by atoms with van der Waals surface area (Å²) >= 11 is 4.95. The van der Waals surface area contributed by atoms with Gasteiger partial charge in [0.15, 0.2) is 0 Å². The third kappa shape index (κ3) is 10.2. The second-order valence-corrected chi connectivity index (χ2v) is 2.93. The normalized spacial score (nSPS) is 10.2. The second kappa shape index (κ2) is 5.02. The van der Waals surface area contributed by atoms with Crippen LogP contribution in [0.2, 0.25) is 0 Å². The monoisotopic (exact) mass is 168 g/mol. The van der Waals surface area contributed by atoms with Gasteiger partial charge in [0.2, 0.25) is 0 Å². The Kier molecular flexibility index (Phi) is 7.49. The maximum atomic E-state index is 9.70. The molecule has 1 N–H and O–H groups in total. The number of hydrogen-bond acceptors (Lipinski definition) is 2. The standard InChI is InChI=1S/C2H5ClO3S.Na.H/c3-1-2-7(4,5)6;;/h1-2H2,(H,4,5,6);;. The van der Waals surface area contributed by atoms with Crippen molar-refractivity contribution in [2.75, 3.05) is 11.6 Å². The van der Waals surface area contributed by atoms with Gasteiger partial charge in [0.1, 0.15) is 0 Å². The fourth-order valence-corrected chi connectivity index (χ4v) is 0.877. The first-order valence-corrected chi connectivity index (χ1v) is 3.72. The molecule has 0 aliphatic heterocycles. The van der Waals surface area contributed by atoms with Crippen LogP contribution in [0.15, 0.2) is 0 Å². The minimum atomic E-state index is -3.81. The summed E-state index contributed by atoms with van der Waals surface area (Å²) in [4.78, 5) is 0. The molecule has 0 saturated heterocycles. The van der Waals surface area contributed by atoms with E-state index in [0.717, 1.165) is 0 Å². The Labute approximate surface area is 75.4 Å². The summed E-state index contributed by atoms with van der Waals surface area (Å²) < 4.78 is 27.3. The summed E-state index contributed by atoms with van der Waals surface area (Å²) in [7, 11) is -3.81. The molecule has 0 heterocycles. The van der Waals surface area contributed by atoms with Crippen LogP contribution in [0.5, 0.6) is 0 Å². The van der Waals surface area contributed by atoms with Gasteiger partial charge < -0.3 is 0 Å². The van der Waals surface area contributed by atoms with Gasteiger partial charge in [-0.1, -0.05) is 0 Å². The van der Waals surface area contributed by atoms with Gasteiger partial charge in [0.05, 0.1) is 5.75 Å². The molecular formula is C2H6ClNaO3S. The van der Waals surface area contributed by atoms with E-state index >= 15 is 0 Å². The van der Waals surface area contributed by atoms with Crippen LogP contribution in [-0.2, 0) is 10.1 Å². The Bertz CT molecular complexity index is 130. The number of hydrogen-bond donors (Lipinski definition) is 1. The van der Waals surface area contributed by atoms with Gasteiger partial charge >= 0.3 is 29.6 Å². The first-order chi connectivity index (χ1) is 3.06. The third-order valence-electron chi connectivity index (χ3n) is 0.335.